The molecule has 0 bridgehead atoms. The van der Waals surface area contributed by atoms with Crippen molar-refractivity contribution in [2.45, 2.75) is 19.0 Å². The minimum Gasteiger partial charge on any atom is -0.713 e. The summed E-state index contributed by atoms with van der Waals surface area (Å²) < 4.78 is 6.45. The Kier molecular flexibility index (Phi) is 8.34. The Labute approximate surface area is 123 Å². The van der Waals surface area contributed by atoms with E-state index < -0.39 is 6.35 Å². The van der Waals surface area contributed by atoms with Gasteiger partial charge in [-0.1, -0.05) is 18.2 Å². The maximum atomic E-state index is 6.45. The first kappa shape index (κ1) is 17.0. The van der Waals surface area contributed by atoms with Gasteiger partial charge >= 0.3 is 0 Å². The van der Waals surface area contributed by atoms with Crippen molar-refractivity contribution >= 4 is 6.35 Å². The highest BCUT2D eigenvalue weighted by atomic mass is 16.4. The molecule has 5 heteroatoms. The summed E-state index contributed by atoms with van der Waals surface area (Å²) in [4.78, 5) is 0. The fourth-order valence-electron chi connectivity index (χ4n) is 2.62. The third-order valence-electron chi connectivity index (χ3n) is 3.89. The number of hydrogen-bond donors (Lipinski definition) is 3. The van der Waals surface area contributed by atoms with Gasteiger partial charge in [-0.15, -0.1) is 19.0 Å². The monoisotopic (exact) mass is 278 g/mol. The van der Waals surface area contributed by atoms with Crippen molar-refractivity contribution in [2.24, 2.45) is 0 Å². The lowest BCUT2D eigenvalue weighted by molar-refractivity contribution is 0.515. The zero-order chi connectivity index (χ0) is 14.7. The molecule has 0 aliphatic carbocycles. The number of benzene rings is 1. The molecular weight excluding hydrogens is 249 g/mol. The molecular formula is C15H29BN3O-. The molecule has 0 saturated heterocycles. The van der Waals surface area contributed by atoms with Crippen LogP contribution in [0.4, 0.5) is 0 Å². The third kappa shape index (κ3) is 5.95. The standard InChI is InChI=1S/C15H29BN3O/c1-17-12-9-16(10-13-18-2,11-14-19-3)20-15-7-5-4-6-8-15/h4-8,17-19H,9-14H2,1-3H3/q-1. The van der Waals surface area contributed by atoms with Gasteiger partial charge in [0.1, 0.15) is 0 Å². The maximum Gasteiger partial charge on any atom is 0.168 e. The first-order chi connectivity index (χ1) is 9.76. The molecule has 0 saturated carbocycles. The zero-order valence-electron chi connectivity index (χ0n) is 13.1. The molecule has 114 valence electrons. The summed E-state index contributed by atoms with van der Waals surface area (Å²) in [6.07, 6.45) is 2.32. The summed E-state index contributed by atoms with van der Waals surface area (Å²) in [6.45, 7) is 2.96. The summed E-state index contributed by atoms with van der Waals surface area (Å²) in [5, 5.41) is 9.77. The Morgan fingerprint density at radius 1 is 0.800 bits per heavy atom. The lowest BCUT2D eigenvalue weighted by Gasteiger charge is -2.42. The normalized spacial score (nSPS) is 11.6. The van der Waals surface area contributed by atoms with Gasteiger partial charge in [0.15, 0.2) is 6.35 Å². The molecule has 0 spiro atoms. The molecule has 0 aliphatic heterocycles. The van der Waals surface area contributed by atoms with E-state index in [0.717, 1.165) is 44.3 Å². The molecule has 1 rings (SSSR count). The predicted molar refractivity (Wildman–Crippen MR) is 89.0 cm³/mol. The van der Waals surface area contributed by atoms with Crippen LogP contribution in [0.25, 0.3) is 0 Å². The molecule has 1 aromatic carbocycles. The van der Waals surface area contributed by atoms with Crippen molar-refractivity contribution in [1.82, 2.24) is 16.0 Å². The second kappa shape index (κ2) is 9.80. The predicted octanol–water partition coefficient (Wildman–Crippen LogP) is 1.67. The minimum atomic E-state index is -0.875. The lowest BCUT2D eigenvalue weighted by atomic mass is 9.33. The van der Waals surface area contributed by atoms with Gasteiger partial charge in [-0.2, -0.15) is 0 Å². The summed E-state index contributed by atoms with van der Waals surface area (Å²) >= 11 is 0. The van der Waals surface area contributed by atoms with Crippen LogP contribution in [0.2, 0.25) is 19.0 Å². The van der Waals surface area contributed by atoms with Crippen LogP contribution in [0.5, 0.6) is 5.75 Å². The Morgan fingerprint density at radius 2 is 1.25 bits per heavy atom. The molecule has 0 heterocycles. The summed E-state index contributed by atoms with van der Waals surface area (Å²) in [5.41, 5.74) is 0. The fraction of sp³-hybridized carbons (Fsp3) is 0.600. The van der Waals surface area contributed by atoms with Gasteiger partial charge in [0.2, 0.25) is 0 Å². The van der Waals surface area contributed by atoms with Gasteiger partial charge in [-0.3, -0.25) is 0 Å². The quantitative estimate of drug-likeness (QED) is 0.539. The average molecular weight is 278 g/mol. The Bertz CT molecular complexity index is 326. The SMILES string of the molecule is CNCC[B-](CCNC)(CCNC)Oc1ccccc1. The number of para-hydroxylation sites is 1. The van der Waals surface area contributed by atoms with Crippen molar-refractivity contribution in [3.63, 3.8) is 0 Å². The highest BCUT2D eigenvalue weighted by Crippen LogP contribution is 2.25. The van der Waals surface area contributed by atoms with Gasteiger partial charge < -0.3 is 20.6 Å². The number of hydrogen-bond acceptors (Lipinski definition) is 4. The molecule has 0 amide bonds. The molecule has 0 unspecified atom stereocenters. The first-order valence-electron chi connectivity index (χ1n) is 7.64. The van der Waals surface area contributed by atoms with E-state index >= 15 is 0 Å². The Hall–Kier alpha value is -1.04. The summed E-state index contributed by atoms with van der Waals surface area (Å²) in [6, 6.07) is 10.2. The fourth-order valence-corrected chi connectivity index (χ4v) is 2.62. The maximum absolute atomic E-state index is 6.45. The van der Waals surface area contributed by atoms with Gasteiger partial charge in [-0.25, -0.2) is 0 Å². The van der Waals surface area contributed by atoms with E-state index in [2.05, 4.69) is 28.1 Å². The van der Waals surface area contributed by atoms with Crippen LogP contribution in [0.15, 0.2) is 30.3 Å². The van der Waals surface area contributed by atoms with Crippen molar-refractivity contribution < 1.29 is 4.65 Å². The summed E-state index contributed by atoms with van der Waals surface area (Å²) in [7, 11) is 6.00. The topological polar surface area (TPSA) is 45.3 Å². The minimum absolute atomic E-state index is 0.875. The molecule has 0 fully saturated rings. The third-order valence-corrected chi connectivity index (χ3v) is 3.89. The van der Waals surface area contributed by atoms with Crippen LogP contribution < -0.4 is 20.6 Å². The van der Waals surface area contributed by atoms with Crippen LogP contribution >= 0.6 is 0 Å². The molecule has 3 N–H and O–H groups in total. The highest BCUT2D eigenvalue weighted by Gasteiger charge is 2.26. The number of nitrogens with one attached hydrogen (secondary N) is 3. The van der Waals surface area contributed by atoms with Gasteiger partial charge in [0.05, 0.1) is 5.75 Å². The second-order valence-corrected chi connectivity index (χ2v) is 5.47. The van der Waals surface area contributed by atoms with Crippen molar-refractivity contribution in [2.75, 3.05) is 40.8 Å². The van der Waals surface area contributed by atoms with E-state index in [9.17, 15) is 0 Å². The molecule has 4 nitrogen and oxygen atoms in total. The second-order valence-electron chi connectivity index (χ2n) is 5.47. The van der Waals surface area contributed by atoms with Crippen molar-refractivity contribution in [3.05, 3.63) is 30.3 Å². The molecule has 0 aliphatic rings. The van der Waals surface area contributed by atoms with E-state index in [0.29, 0.717) is 0 Å². The molecule has 0 atom stereocenters. The van der Waals surface area contributed by atoms with Crippen LogP contribution in [-0.4, -0.2) is 47.1 Å². The Morgan fingerprint density at radius 3 is 1.65 bits per heavy atom. The average Bonchev–Trinajstić information content (AvgIpc) is 2.49. The van der Waals surface area contributed by atoms with E-state index in [-0.39, 0.29) is 0 Å². The van der Waals surface area contributed by atoms with E-state index in [1.54, 1.807) is 0 Å². The van der Waals surface area contributed by atoms with Crippen LogP contribution in [-0.2, 0) is 0 Å². The molecule has 20 heavy (non-hydrogen) atoms. The number of rotatable bonds is 11. The van der Waals surface area contributed by atoms with Gasteiger partial charge in [-0.05, 0) is 52.9 Å². The van der Waals surface area contributed by atoms with Gasteiger partial charge in [0, 0.05) is 0 Å². The highest BCUT2D eigenvalue weighted by molar-refractivity contribution is 6.74. The van der Waals surface area contributed by atoms with Crippen LogP contribution in [0.3, 0.4) is 0 Å². The van der Waals surface area contributed by atoms with E-state index in [1.807, 2.05) is 39.3 Å². The largest absolute Gasteiger partial charge is 0.713 e. The first-order valence-corrected chi connectivity index (χ1v) is 7.64. The Balaban J connectivity index is 2.81. The van der Waals surface area contributed by atoms with Crippen molar-refractivity contribution in [1.29, 1.82) is 0 Å². The van der Waals surface area contributed by atoms with Crippen molar-refractivity contribution in [3.8, 4) is 5.75 Å². The zero-order valence-corrected chi connectivity index (χ0v) is 13.1. The molecule has 0 aromatic heterocycles. The molecule has 0 radical (unpaired) electrons. The smallest absolute Gasteiger partial charge is 0.168 e. The van der Waals surface area contributed by atoms with E-state index in [4.69, 9.17) is 4.65 Å². The lowest BCUT2D eigenvalue weighted by Crippen LogP contribution is -2.47. The van der Waals surface area contributed by atoms with Gasteiger partial charge in [0.25, 0.3) is 0 Å². The van der Waals surface area contributed by atoms with E-state index in [1.165, 1.54) is 0 Å². The summed E-state index contributed by atoms with van der Waals surface area (Å²) in [5.74, 6) is 0.982. The van der Waals surface area contributed by atoms with Crippen LogP contribution in [0, 0.1) is 0 Å². The van der Waals surface area contributed by atoms with Crippen LogP contribution in [0.1, 0.15) is 0 Å². The molecule has 1 aromatic rings.